The number of sulfonamides is 1. The molecule has 3 amide bonds. The lowest BCUT2D eigenvalue weighted by Gasteiger charge is -2.33. The number of rotatable bonds is 5. The number of aryl methyl sites for hydroxylation is 1. The number of hydrogen-bond donors (Lipinski definition) is 2. The molecular weight excluding hydrogens is 416 g/mol. The molecule has 166 valence electrons. The van der Waals surface area contributed by atoms with Gasteiger partial charge in [0, 0.05) is 38.8 Å². The van der Waals surface area contributed by atoms with E-state index in [4.69, 9.17) is 0 Å². The van der Waals surface area contributed by atoms with Gasteiger partial charge in [0.05, 0.1) is 10.6 Å². The zero-order valence-corrected chi connectivity index (χ0v) is 18.8. The van der Waals surface area contributed by atoms with Crippen LogP contribution in [0.1, 0.15) is 18.4 Å². The van der Waals surface area contributed by atoms with Gasteiger partial charge in [-0.1, -0.05) is 24.3 Å². The van der Waals surface area contributed by atoms with Gasteiger partial charge in [-0.05, 0) is 49.6 Å². The van der Waals surface area contributed by atoms with Gasteiger partial charge in [0.15, 0.2) is 0 Å². The molecule has 0 aromatic heterocycles. The number of likely N-dealkylation sites (tertiary alicyclic amines) is 1. The molecule has 1 fully saturated rings. The van der Waals surface area contributed by atoms with Crippen molar-refractivity contribution in [3.63, 3.8) is 0 Å². The first-order valence-electron chi connectivity index (χ1n) is 10.1. The summed E-state index contributed by atoms with van der Waals surface area (Å²) in [6, 6.07) is 13.2. The minimum Gasteiger partial charge on any atom is -0.331 e. The molecule has 9 heteroatoms. The van der Waals surface area contributed by atoms with Gasteiger partial charge in [0.2, 0.25) is 5.91 Å². The molecule has 0 unspecified atom stereocenters. The van der Waals surface area contributed by atoms with Crippen LogP contribution in [-0.4, -0.2) is 57.3 Å². The predicted molar refractivity (Wildman–Crippen MR) is 120 cm³/mol. The quantitative estimate of drug-likeness (QED) is 0.740. The van der Waals surface area contributed by atoms with Gasteiger partial charge in [0.1, 0.15) is 0 Å². The van der Waals surface area contributed by atoms with Crippen LogP contribution in [0.2, 0.25) is 0 Å². The van der Waals surface area contributed by atoms with Crippen LogP contribution >= 0.6 is 0 Å². The Labute approximate surface area is 183 Å². The van der Waals surface area contributed by atoms with Gasteiger partial charge in [-0.3, -0.25) is 9.52 Å². The fraction of sp³-hybridized carbons (Fsp3) is 0.364. The normalized spacial score (nSPS) is 14.7. The van der Waals surface area contributed by atoms with Crippen LogP contribution in [0.25, 0.3) is 0 Å². The average molecular weight is 445 g/mol. The Balaban J connectivity index is 1.66. The summed E-state index contributed by atoms with van der Waals surface area (Å²) >= 11 is 0. The van der Waals surface area contributed by atoms with E-state index in [1.807, 2.05) is 0 Å². The number of anilines is 2. The topological polar surface area (TPSA) is 98.8 Å². The molecule has 2 aromatic rings. The highest BCUT2D eigenvalue weighted by Gasteiger charge is 2.28. The maximum atomic E-state index is 12.7. The van der Waals surface area contributed by atoms with E-state index in [0.29, 0.717) is 37.3 Å². The third kappa shape index (κ3) is 5.55. The van der Waals surface area contributed by atoms with Crippen LogP contribution in [-0.2, 0) is 14.8 Å². The van der Waals surface area contributed by atoms with Gasteiger partial charge < -0.3 is 15.1 Å². The molecule has 0 spiro atoms. The molecule has 1 aliphatic heterocycles. The van der Waals surface area contributed by atoms with Crippen LogP contribution < -0.4 is 10.0 Å². The van der Waals surface area contributed by atoms with Crippen molar-refractivity contribution in [3.8, 4) is 0 Å². The number of hydrogen-bond acceptors (Lipinski definition) is 4. The minimum atomic E-state index is -3.73. The zero-order valence-electron chi connectivity index (χ0n) is 18.0. The van der Waals surface area contributed by atoms with Crippen molar-refractivity contribution in [2.45, 2.75) is 24.7 Å². The lowest BCUT2D eigenvalue weighted by Crippen LogP contribution is -2.45. The highest BCUT2D eigenvalue weighted by molar-refractivity contribution is 7.92. The number of carbonyl (C=O) groups excluding carboxylic acids is 2. The Morgan fingerprint density at radius 2 is 1.68 bits per heavy atom. The molecule has 2 N–H and O–H groups in total. The molecule has 8 nitrogen and oxygen atoms in total. The van der Waals surface area contributed by atoms with E-state index in [1.165, 1.54) is 17.0 Å². The summed E-state index contributed by atoms with van der Waals surface area (Å²) in [6.45, 7) is 2.86. The van der Waals surface area contributed by atoms with Crippen LogP contribution in [0, 0.1) is 12.8 Å². The molecule has 1 aliphatic rings. The molecule has 2 aromatic carbocycles. The number of nitrogens with one attached hydrogen (secondary N) is 2. The first-order chi connectivity index (χ1) is 14.7. The minimum absolute atomic E-state index is 0.0484. The molecular formula is C22H28N4O4S. The Morgan fingerprint density at radius 1 is 1.03 bits per heavy atom. The average Bonchev–Trinajstić information content (AvgIpc) is 2.76. The fourth-order valence-electron chi connectivity index (χ4n) is 3.47. The number of carbonyl (C=O) groups is 2. The van der Waals surface area contributed by atoms with Crippen molar-refractivity contribution >= 4 is 33.3 Å². The molecule has 0 bridgehead atoms. The van der Waals surface area contributed by atoms with Crippen molar-refractivity contribution in [1.82, 2.24) is 9.80 Å². The lowest BCUT2D eigenvalue weighted by atomic mass is 9.96. The number of amides is 3. The zero-order chi connectivity index (χ0) is 22.6. The third-order valence-electron chi connectivity index (χ3n) is 5.32. The first kappa shape index (κ1) is 22.6. The second-order valence-corrected chi connectivity index (χ2v) is 9.56. The standard InChI is InChI=1S/C22H28N4O4S/c1-16-9-10-18(15-20(16)24-31(29,30)19-7-5-4-6-8-19)23-21(27)17-11-13-26(14-12-17)22(28)25(2)3/h4-10,15,17,24H,11-14H2,1-3H3,(H,23,27). The number of piperidine rings is 1. The Bertz CT molecular complexity index is 1050. The summed E-state index contributed by atoms with van der Waals surface area (Å²) in [7, 11) is -0.306. The number of urea groups is 1. The van der Waals surface area contributed by atoms with Crippen LogP contribution in [0.15, 0.2) is 53.4 Å². The molecule has 0 atom stereocenters. The summed E-state index contributed by atoms with van der Waals surface area (Å²) in [5.41, 5.74) is 1.68. The molecule has 0 saturated carbocycles. The van der Waals surface area contributed by atoms with Crippen molar-refractivity contribution in [3.05, 3.63) is 54.1 Å². The highest BCUT2D eigenvalue weighted by Crippen LogP contribution is 2.25. The summed E-state index contributed by atoms with van der Waals surface area (Å²) in [5, 5.41) is 2.88. The molecule has 1 saturated heterocycles. The second kappa shape index (κ2) is 9.38. The fourth-order valence-corrected chi connectivity index (χ4v) is 4.62. The van der Waals surface area contributed by atoms with E-state index >= 15 is 0 Å². The van der Waals surface area contributed by atoms with E-state index in [0.717, 1.165) is 5.56 Å². The smallest absolute Gasteiger partial charge is 0.319 e. The van der Waals surface area contributed by atoms with Gasteiger partial charge in [0.25, 0.3) is 10.0 Å². The molecule has 0 radical (unpaired) electrons. The maximum Gasteiger partial charge on any atom is 0.319 e. The third-order valence-corrected chi connectivity index (χ3v) is 6.70. The largest absolute Gasteiger partial charge is 0.331 e. The summed E-state index contributed by atoms with van der Waals surface area (Å²) < 4.78 is 27.9. The second-order valence-electron chi connectivity index (χ2n) is 7.88. The van der Waals surface area contributed by atoms with Crippen LogP contribution in [0.5, 0.6) is 0 Å². The number of benzene rings is 2. The van der Waals surface area contributed by atoms with E-state index < -0.39 is 10.0 Å². The maximum absolute atomic E-state index is 12.7. The van der Waals surface area contributed by atoms with Crippen molar-refractivity contribution < 1.29 is 18.0 Å². The molecule has 1 heterocycles. The molecule has 3 rings (SSSR count). The van der Waals surface area contributed by atoms with Crippen LogP contribution in [0.3, 0.4) is 0 Å². The van der Waals surface area contributed by atoms with E-state index in [1.54, 1.807) is 62.3 Å². The predicted octanol–water partition coefficient (Wildman–Crippen LogP) is 3.13. The molecule has 31 heavy (non-hydrogen) atoms. The van der Waals surface area contributed by atoms with E-state index in [9.17, 15) is 18.0 Å². The lowest BCUT2D eigenvalue weighted by molar-refractivity contribution is -0.121. The Hall–Kier alpha value is -3.07. The van der Waals surface area contributed by atoms with Crippen molar-refractivity contribution in [2.75, 3.05) is 37.2 Å². The first-order valence-corrected chi connectivity index (χ1v) is 11.6. The summed E-state index contributed by atoms with van der Waals surface area (Å²) in [5.74, 6) is -0.324. The van der Waals surface area contributed by atoms with Gasteiger partial charge in [-0.25, -0.2) is 13.2 Å². The van der Waals surface area contributed by atoms with Crippen LogP contribution in [0.4, 0.5) is 16.2 Å². The van der Waals surface area contributed by atoms with Gasteiger partial charge in [-0.15, -0.1) is 0 Å². The summed E-state index contributed by atoms with van der Waals surface area (Å²) in [4.78, 5) is 28.2. The van der Waals surface area contributed by atoms with Crippen molar-refractivity contribution in [2.24, 2.45) is 5.92 Å². The Kier molecular flexibility index (Phi) is 6.84. The van der Waals surface area contributed by atoms with E-state index in [-0.39, 0.29) is 22.8 Å². The van der Waals surface area contributed by atoms with Gasteiger partial charge >= 0.3 is 6.03 Å². The van der Waals surface area contributed by atoms with Crippen molar-refractivity contribution in [1.29, 1.82) is 0 Å². The SMILES string of the molecule is Cc1ccc(NC(=O)C2CCN(C(=O)N(C)C)CC2)cc1NS(=O)(=O)c1ccccc1. The number of nitrogens with zero attached hydrogens (tertiary/aromatic N) is 2. The monoisotopic (exact) mass is 444 g/mol. The van der Waals surface area contributed by atoms with E-state index in [2.05, 4.69) is 10.0 Å². The van der Waals surface area contributed by atoms with Gasteiger partial charge in [-0.2, -0.15) is 0 Å². The Morgan fingerprint density at radius 3 is 2.29 bits per heavy atom. The molecule has 0 aliphatic carbocycles. The highest BCUT2D eigenvalue weighted by atomic mass is 32.2. The summed E-state index contributed by atoms with van der Waals surface area (Å²) in [6.07, 6.45) is 1.18.